The summed E-state index contributed by atoms with van der Waals surface area (Å²) >= 11 is 0. The zero-order valence-electron chi connectivity index (χ0n) is 19.9. The van der Waals surface area contributed by atoms with E-state index in [1.54, 1.807) is 0 Å². The van der Waals surface area contributed by atoms with E-state index in [0.717, 1.165) is 64.4 Å². The first-order chi connectivity index (χ1) is 15.2. The van der Waals surface area contributed by atoms with Crippen molar-refractivity contribution in [3.05, 3.63) is 10.1 Å². The van der Waals surface area contributed by atoms with Gasteiger partial charge in [0.1, 0.15) is 0 Å². The van der Waals surface area contributed by atoms with Crippen LogP contribution < -0.4 is 0 Å². The molecule has 2 fully saturated rings. The van der Waals surface area contributed by atoms with Crippen molar-refractivity contribution in [2.45, 2.75) is 147 Å². The summed E-state index contributed by atoms with van der Waals surface area (Å²) < 4.78 is 18.7. The van der Waals surface area contributed by atoms with Gasteiger partial charge in [-0.2, -0.15) is 0 Å². The predicted molar refractivity (Wildman–Crippen MR) is 124 cm³/mol. The van der Waals surface area contributed by atoms with Crippen LogP contribution in [-0.4, -0.2) is 42.7 Å². The molecule has 0 aromatic carbocycles. The fourth-order valence-corrected chi connectivity index (χ4v) is 4.82. The molecule has 4 unspecified atom stereocenters. The molecule has 2 aliphatic rings. The number of hydrogen-bond acceptors (Lipinski definition) is 5. The van der Waals surface area contributed by atoms with Gasteiger partial charge in [-0.25, -0.2) is 0 Å². The quantitative estimate of drug-likeness (QED) is 0.200. The van der Waals surface area contributed by atoms with Gasteiger partial charge < -0.3 is 14.2 Å². The Balaban J connectivity index is 1.86. The molecule has 0 aliphatic carbocycles. The minimum absolute atomic E-state index is 0.0685. The monoisotopic (exact) mass is 441 g/mol. The summed E-state index contributed by atoms with van der Waals surface area (Å²) in [6, 6.07) is -0.429. The van der Waals surface area contributed by atoms with Gasteiger partial charge in [0, 0.05) is 24.4 Å². The fraction of sp³-hybridized carbons (Fsp3) is 1.00. The highest BCUT2D eigenvalue weighted by Crippen LogP contribution is 2.24. The normalized spacial score (nSPS) is 27.3. The lowest BCUT2D eigenvalue weighted by atomic mass is 10.0. The molecule has 0 N–H and O–H groups in total. The lowest BCUT2D eigenvalue weighted by molar-refractivity contribution is -0.524. The molecule has 0 amide bonds. The topological polar surface area (TPSA) is 70.8 Å². The van der Waals surface area contributed by atoms with Gasteiger partial charge in [-0.3, -0.25) is 10.1 Å². The lowest BCUT2D eigenvalue weighted by Crippen LogP contribution is -2.31. The minimum Gasteiger partial charge on any atom is -0.379 e. The van der Waals surface area contributed by atoms with Gasteiger partial charge in [-0.05, 0) is 51.4 Å². The summed E-state index contributed by atoms with van der Waals surface area (Å²) in [4.78, 5) is 11.5. The van der Waals surface area contributed by atoms with Crippen LogP contribution in [-0.2, 0) is 14.2 Å². The molecule has 6 nitrogen and oxygen atoms in total. The molecular weight excluding hydrogens is 394 g/mol. The summed E-state index contributed by atoms with van der Waals surface area (Å²) in [7, 11) is 0. The molecular formula is C25H47NO5. The summed E-state index contributed by atoms with van der Waals surface area (Å²) in [5.74, 6) is 0. The van der Waals surface area contributed by atoms with Crippen LogP contribution in [0.3, 0.4) is 0 Å². The fourth-order valence-electron chi connectivity index (χ4n) is 4.82. The number of fused-ring (bicyclic) bond motifs is 4. The first-order valence-corrected chi connectivity index (χ1v) is 13.2. The number of hydrogen-bond donors (Lipinski definition) is 0. The number of nitrogens with zero attached hydrogens (tertiary/aromatic N) is 1. The van der Waals surface area contributed by atoms with Gasteiger partial charge in [0.15, 0.2) is 6.29 Å². The van der Waals surface area contributed by atoms with Crippen LogP contribution in [0.5, 0.6) is 0 Å². The van der Waals surface area contributed by atoms with Gasteiger partial charge in [-0.15, -0.1) is 0 Å². The van der Waals surface area contributed by atoms with Crippen molar-refractivity contribution in [1.29, 1.82) is 0 Å². The predicted octanol–water partition coefficient (Wildman–Crippen LogP) is 6.81. The molecule has 0 aromatic rings. The molecule has 0 saturated carbocycles. The molecule has 2 aliphatic heterocycles. The molecule has 0 spiro atoms. The number of ether oxygens (including phenoxy) is 3. The third kappa shape index (κ3) is 12.2. The first-order valence-electron chi connectivity index (χ1n) is 13.2. The number of rotatable bonds is 11. The molecule has 2 rings (SSSR count). The van der Waals surface area contributed by atoms with Crippen molar-refractivity contribution in [1.82, 2.24) is 0 Å². The van der Waals surface area contributed by atoms with Crippen LogP contribution in [0.15, 0.2) is 0 Å². The second-order valence-corrected chi connectivity index (χ2v) is 9.58. The summed E-state index contributed by atoms with van der Waals surface area (Å²) in [6.07, 6.45) is 18.9. The highest BCUT2D eigenvalue weighted by atomic mass is 16.7. The summed E-state index contributed by atoms with van der Waals surface area (Å²) in [6.45, 7) is 3.64. The molecule has 0 aromatic heterocycles. The maximum atomic E-state index is 11.5. The van der Waals surface area contributed by atoms with E-state index in [9.17, 15) is 10.1 Å². The van der Waals surface area contributed by atoms with Crippen LogP contribution in [0.4, 0.5) is 0 Å². The maximum absolute atomic E-state index is 11.5. The Morgan fingerprint density at radius 3 is 2.23 bits per heavy atom. The smallest absolute Gasteiger partial charge is 0.213 e. The van der Waals surface area contributed by atoms with Crippen molar-refractivity contribution in [3.8, 4) is 0 Å². The van der Waals surface area contributed by atoms with Crippen LogP contribution in [0.25, 0.3) is 0 Å². The highest BCUT2D eigenvalue weighted by molar-refractivity contribution is 4.68. The first kappa shape index (κ1) is 26.5. The van der Waals surface area contributed by atoms with E-state index in [4.69, 9.17) is 14.2 Å². The molecule has 182 valence electrons. The van der Waals surface area contributed by atoms with Gasteiger partial charge in [0.25, 0.3) is 0 Å². The molecule has 2 saturated heterocycles. The average Bonchev–Trinajstić information content (AvgIpc) is 2.82. The molecule has 6 heteroatoms. The van der Waals surface area contributed by atoms with E-state index in [1.165, 1.54) is 44.9 Å². The Hall–Kier alpha value is -0.720. The van der Waals surface area contributed by atoms with Crippen LogP contribution in [0, 0.1) is 10.1 Å². The maximum Gasteiger partial charge on any atom is 0.213 e. The van der Waals surface area contributed by atoms with E-state index in [1.807, 2.05) is 0 Å². The standard InChI is InChI=1S/C25H47NO5/c1-2-3-4-5-8-14-22(26(27)28)15-13-19-25-30-23-16-9-6-7-10-18-24(31-25)21-29-20-12-11-17-23/h22-25H,2-21H2,1H3. The van der Waals surface area contributed by atoms with E-state index in [2.05, 4.69) is 6.92 Å². The van der Waals surface area contributed by atoms with E-state index in [0.29, 0.717) is 19.4 Å². The average molecular weight is 442 g/mol. The van der Waals surface area contributed by atoms with E-state index < -0.39 is 6.04 Å². The highest BCUT2D eigenvalue weighted by Gasteiger charge is 2.25. The Kier molecular flexibility index (Phi) is 14.4. The second kappa shape index (κ2) is 16.8. The number of nitro groups is 1. The Bertz CT molecular complexity index is 423. The molecule has 4 atom stereocenters. The van der Waals surface area contributed by atoms with Crippen LogP contribution in [0.2, 0.25) is 0 Å². The zero-order valence-corrected chi connectivity index (χ0v) is 19.9. The van der Waals surface area contributed by atoms with Gasteiger partial charge >= 0.3 is 0 Å². The molecule has 31 heavy (non-hydrogen) atoms. The van der Waals surface area contributed by atoms with Gasteiger partial charge in [0.05, 0.1) is 18.8 Å². The summed E-state index contributed by atoms with van der Waals surface area (Å²) in [5.41, 5.74) is 0. The third-order valence-electron chi connectivity index (χ3n) is 6.78. The lowest BCUT2D eigenvalue weighted by Gasteiger charge is -2.28. The van der Waals surface area contributed by atoms with Crippen LogP contribution >= 0.6 is 0 Å². The van der Waals surface area contributed by atoms with Crippen molar-refractivity contribution in [2.75, 3.05) is 13.2 Å². The Labute approximate surface area is 189 Å². The molecule has 2 bridgehead atoms. The molecule has 0 radical (unpaired) electrons. The zero-order chi connectivity index (χ0) is 22.2. The Morgan fingerprint density at radius 2 is 1.48 bits per heavy atom. The van der Waals surface area contributed by atoms with Crippen molar-refractivity contribution < 1.29 is 19.1 Å². The van der Waals surface area contributed by atoms with E-state index >= 15 is 0 Å². The number of unbranched alkanes of at least 4 members (excludes halogenated alkanes) is 4. The largest absolute Gasteiger partial charge is 0.379 e. The minimum atomic E-state index is -0.429. The van der Waals surface area contributed by atoms with Gasteiger partial charge in [0.2, 0.25) is 6.04 Å². The van der Waals surface area contributed by atoms with Gasteiger partial charge in [-0.1, -0.05) is 58.3 Å². The molecule has 2 heterocycles. The van der Waals surface area contributed by atoms with Crippen molar-refractivity contribution >= 4 is 0 Å². The Morgan fingerprint density at radius 1 is 0.839 bits per heavy atom. The summed E-state index contributed by atoms with van der Waals surface area (Å²) in [5, 5.41) is 11.5. The third-order valence-corrected chi connectivity index (χ3v) is 6.78. The van der Waals surface area contributed by atoms with E-state index in [-0.39, 0.29) is 23.4 Å². The van der Waals surface area contributed by atoms with Crippen LogP contribution in [0.1, 0.15) is 122 Å². The van der Waals surface area contributed by atoms with Crippen molar-refractivity contribution in [3.63, 3.8) is 0 Å². The second-order valence-electron chi connectivity index (χ2n) is 9.58. The van der Waals surface area contributed by atoms with Crippen molar-refractivity contribution in [2.24, 2.45) is 0 Å². The SMILES string of the molecule is CCCCCCCC(CCCC1OC2CCCCCCC(COCCCC2)O1)[N+](=O)[O-].